The highest BCUT2D eigenvalue weighted by molar-refractivity contribution is 5.90. The Kier molecular flexibility index (Phi) is 4.69. The maximum absolute atomic E-state index is 5.73. The molecule has 0 aliphatic carbocycles. The highest BCUT2D eigenvalue weighted by atomic mass is 16.5. The molecule has 0 aliphatic heterocycles. The molecule has 0 bridgehead atoms. The summed E-state index contributed by atoms with van der Waals surface area (Å²) in [4.78, 5) is 8.43. The summed E-state index contributed by atoms with van der Waals surface area (Å²) in [5.74, 6) is 0.803. The summed E-state index contributed by atoms with van der Waals surface area (Å²) in [5.41, 5.74) is 7.27. The fourth-order valence-electron chi connectivity index (χ4n) is 1.73. The van der Waals surface area contributed by atoms with Crippen molar-refractivity contribution in [2.45, 2.75) is 6.42 Å². The van der Waals surface area contributed by atoms with E-state index in [1.54, 1.807) is 0 Å². The average Bonchev–Trinajstić information content (AvgIpc) is 2.42. The van der Waals surface area contributed by atoms with Crippen LogP contribution in [0.1, 0.15) is 6.42 Å². The van der Waals surface area contributed by atoms with E-state index < -0.39 is 0 Å². The van der Waals surface area contributed by atoms with E-state index in [1.165, 1.54) is 6.33 Å². The van der Waals surface area contributed by atoms with Crippen molar-refractivity contribution in [3.8, 4) is 0 Å². The highest BCUT2D eigenvalue weighted by Gasteiger charge is 2.02. The Balaban J connectivity index is 1.95. The molecule has 2 aromatic rings. The van der Waals surface area contributed by atoms with Crippen molar-refractivity contribution in [1.82, 2.24) is 9.97 Å². The molecule has 0 aliphatic rings. The van der Waals surface area contributed by atoms with E-state index >= 15 is 0 Å². The van der Waals surface area contributed by atoms with Gasteiger partial charge >= 0.3 is 0 Å². The van der Waals surface area contributed by atoms with E-state index in [2.05, 4.69) is 21.9 Å². The Morgan fingerprint density at radius 2 is 2.21 bits per heavy atom. The molecule has 19 heavy (non-hydrogen) atoms. The number of nitrogen functional groups attached to an aromatic ring is 1. The Bertz CT molecular complexity index is 556. The Morgan fingerprint density at radius 3 is 3.05 bits per heavy atom. The molecule has 2 rings (SSSR count). The average molecular weight is 258 g/mol. The molecule has 0 unspecified atom stereocenters. The van der Waals surface area contributed by atoms with Crippen LogP contribution >= 0.6 is 0 Å². The fraction of sp³-hybridized carbons (Fsp3) is 0.286. The second-order valence-corrected chi connectivity index (χ2v) is 4.12. The normalized spacial score (nSPS) is 10.5. The predicted molar refractivity (Wildman–Crippen MR) is 78.1 cm³/mol. The molecule has 0 atom stereocenters. The number of nitrogens with one attached hydrogen (secondary N) is 1. The van der Waals surface area contributed by atoms with Gasteiger partial charge in [0.15, 0.2) is 0 Å². The van der Waals surface area contributed by atoms with Crippen LogP contribution in [0.25, 0.3) is 10.9 Å². The molecule has 1 aromatic carbocycles. The van der Waals surface area contributed by atoms with Crippen molar-refractivity contribution in [2.24, 2.45) is 0 Å². The molecule has 0 radical (unpaired) electrons. The largest absolute Gasteiger partial charge is 0.399 e. The molecule has 1 aromatic heterocycles. The number of nitrogens with two attached hydrogens (primary N) is 1. The molecule has 0 fully saturated rings. The first-order valence-electron chi connectivity index (χ1n) is 6.24. The van der Waals surface area contributed by atoms with E-state index in [-0.39, 0.29) is 0 Å². The van der Waals surface area contributed by atoms with Crippen LogP contribution in [0, 0.1) is 0 Å². The predicted octanol–water partition coefficient (Wildman–Crippen LogP) is 2.22. The molecule has 5 heteroatoms. The fourth-order valence-corrected chi connectivity index (χ4v) is 1.73. The van der Waals surface area contributed by atoms with Gasteiger partial charge in [0.05, 0.1) is 18.7 Å². The molecule has 0 saturated heterocycles. The summed E-state index contributed by atoms with van der Waals surface area (Å²) in [6, 6.07) is 5.60. The minimum atomic E-state index is 0.633. The van der Waals surface area contributed by atoms with E-state index in [0.29, 0.717) is 25.4 Å². The van der Waals surface area contributed by atoms with Gasteiger partial charge in [-0.25, -0.2) is 9.97 Å². The van der Waals surface area contributed by atoms with Gasteiger partial charge < -0.3 is 15.8 Å². The number of hydrogen-bond acceptors (Lipinski definition) is 5. The number of fused-ring (bicyclic) bond motifs is 1. The van der Waals surface area contributed by atoms with Gasteiger partial charge in [0.25, 0.3) is 0 Å². The van der Waals surface area contributed by atoms with Crippen molar-refractivity contribution >= 4 is 22.4 Å². The highest BCUT2D eigenvalue weighted by Crippen LogP contribution is 2.20. The number of rotatable bonds is 7. The van der Waals surface area contributed by atoms with E-state index in [1.807, 2.05) is 24.3 Å². The number of benzene rings is 1. The van der Waals surface area contributed by atoms with Gasteiger partial charge in [-0.3, -0.25) is 0 Å². The van der Waals surface area contributed by atoms with Crippen LogP contribution in [-0.4, -0.2) is 29.7 Å². The second kappa shape index (κ2) is 6.70. The number of nitrogens with zero attached hydrogens (tertiary/aromatic N) is 2. The first-order chi connectivity index (χ1) is 9.31. The van der Waals surface area contributed by atoms with E-state index in [0.717, 1.165) is 23.1 Å². The van der Waals surface area contributed by atoms with E-state index in [9.17, 15) is 0 Å². The van der Waals surface area contributed by atoms with Gasteiger partial charge in [0, 0.05) is 17.6 Å². The lowest BCUT2D eigenvalue weighted by atomic mass is 10.2. The maximum Gasteiger partial charge on any atom is 0.137 e. The van der Waals surface area contributed by atoms with E-state index in [4.69, 9.17) is 10.5 Å². The third kappa shape index (κ3) is 3.66. The van der Waals surface area contributed by atoms with Crippen LogP contribution in [0.3, 0.4) is 0 Å². The van der Waals surface area contributed by atoms with Crippen LogP contribution in [0.5, 0.6) is 0 Å². The van der Waals surface area contributed by atoms with Crippen molar-refractivity contribution in [3.63, 3.8) is 0 Å². The monoisotopic (exact) mass is 258 g/mol. The Morgan fingerprint density at radius 1 is 1.32 bits per heavy atom. The third-order valence-corrected chi connectivity index (χ3v) is 2.67. The standard InChI is InChI=1S/C14H18N4O/c1-2-3-7-19-8-6-16-14-12-5-4-11(15)9-13(12)17-10-18-14/h2,4-5,9-10H,1,3,6-8,15H2,(H,16,17,18). The number of aromatic nitrogens is 2. The van der Waals surface area contributed by atoms with Crippen molar-refractivity contribution < 1.29 is 4.74 Å². The molecule has 3 N–H and O–H groups in total. The molecule has 0 amide bonds. The number of ether oxygens (including phenoxy) is 1. The molecule has 1 heterocycles. The maximum atomic E-state index is 5.73. The van der Waals surface area contributed by atoms with Crippen LogP contribution in [0.15, 0.2) is 37.2 Å². The Labute approximate surface area is 112 Å². The zero-order valence-electron chi connectivity index (χ0n) is 10.8. The van der Waals surface area contributed by atoms with Gasteiger partial charge in [-0.1, -0.05) is 6.08 Å². The van der Waals surface area contributed by atoms with Crippen molar-refractivity contribution in [2.75, 3.05) is 30.8 Å². The van der Waals surface area contributed by atoms with Crippen LogP contribution < -0.4 is 11.1 Å². The minimum Gasteiger partial charge on any atom is -0.399 e. The van der Waals surface area contributed by atoms with Gasteiger partial charge in [-0.05, 0) is 24.6 Å². The van der Waals surface area contributed by atoms with Crippen LogP contribution in [0.4, 0.5) is 11.5 Å². The van der Waals surface area contributed by atoms with Gasteiger partial charge in [0.1, 0.15) is 12.1 Å². The smallest absolute Gasteiger partial charge is 0.137 e. The zero-order valence-corrected chi connectivity index (χ0v) is 10.8. The van der Waals surface area contributed by atoms with Gasteiger partial charge in [-0.2, -0.15) is 0 Å². The summed E-state index contributed by atoms with van der Waals surface area (Å²) >= 11 is 0. The van der Waals surface area contributed by atoms with Crippen LogP contribution in [-0.2, 0) is 4.74 Å². The van der Waals surface area contributed by atoms with Crippen molar-refractivity contribution in [1.29, 1.82) is 0 Å². The summed E-state index contributed by atoms with van der Waals surface area (Å²) in [5, 5.41) is 4.20. The molecule has 0 saturated carbocycles. The third-order valence-electron chi connectivity index (χ3n) is 2.67. The summed E-state index contributed by atoms with van der Waals surface area (Å²) in [6.07, 6.45) is 4.24. The lowest BCUT2D eigenvalue weighted by Crippen LogP contribution is -2.11. The Hall–Kier alpha value is -2.14. The van der Waals surface area contributed by atoms with Gasteiger partial charge in [-0.15, -0.1) is 6.58 Å². The van der Waals surface area contributed by atoms with Crippen LogP contribution in [0.2, 0.25) is 0 Å². The quantitative estimate of drug-likeness (QED) is 0.452. The topological polar surface area (TPSA) is 73.1 Å². The number of hydrogen-bond donors (Lipinski definition) is 2. The summed E-state index contributed by atoms with van der Waals surface area (Å²) in [7, 11) is 0. The molecule has 5 nitrogen and oxygen atoms in total. The zero-order chi connectivity index (χ0) is 13.5. The lowest BCUT2D eigenvalue weighted by molar-refractivity contribution is 0.149. The lowest BCUT2D eigenvalue weighted by Gasteiger charge is -2.08. The SMILES string of the molecule is C=CCCOCCNc1ncnc2cc(N)ccc12. The molecular formula is C14H18N4O. The molecular weight excluding hydrogens is 240 g/mol. The first kappa shape index (κ1) is 13.3. The minimum absolute atomic E-state index is 0.633. The molecule has 0 spiro atoms. The van der Waals surface area contributed by atoms with Gasteiger partial charge in [0.2, 0.25) is 0 Å². The summed E-state index contributed by atoms with van der Waals surface area (Å²) < 4.78 is 5.43. The number of anilines is 2. The van der Waals surface area contributed by atoms with Crippen molar-refractivity contribution in [3.05, 3.63) is 37.2 Å². The first-order valence-corrected chi connectivity index (χ1v) is 6.24. The second-order valence-electron chi connectivity index (χ2n) is 4.12. The molecule has 100 valence electrons. The summed E-state index contributed by atoms with van der Waals surface area (Å²) in [6.45, 7) is 5.68.